The number of aryl methyl sites for hydroxylation is 1. The van der Waals surface area contributed by atoms with Crippen molar-refractivity contribution in [3.05, 3.63) is 59.4 Å². The molecular formula is C21H23N3OP+. The summed E-state index contributed by atoms with van der Waals surface area (Å²) in [5, 5.41) is 9.80. The molecule has 5 heteroatoms. The highest BCUT2D eigenvalue weighted by molar-refractivity contribution is 7.53. The summed E-state index contributed by atoms with van der Waals surface area (Å²) in [6, 6.07) is 15.7. The summed E-state index contributed by atoms with van der Waals surface area (Å²) in [6.45, 7) is 2.16. The van der Waals surface area contributed by atoms with Crippen LogP contribution in [0.1, 0.15) is 43.1 Å². The Balaban J connectivity index is 1.82. The highest BCUT2D eigenvalue weighted by Crippen LogP contribution is 2.25. The fraction of sp³-hybridized carbons (Fsp3) is 0.333. The van der Waals surface area contributed by atoms with Crippen molar-refractivity contribution in [1.29, 1.82) is 5.26 Å². The predicted octanol–water partition coefficient (Wildman–Crippen LogP) is 4.68. The molecule has 0 spiro atoms. The van der Waals surface area contributed by atoms with Crippen LogP contribution in [0.15, 0.2) is 42.5 Å². The van der Waals surface area contributed by atoms with E-state index in [1.54, 1.807) is 0 Å². The molecule has 1 heterocycles. The van der Waals surface area contributed by atoms with Gasteiger partial charge in [-0.05, 0) is 42.7 Å². The van der Waals surface area contributed by atoms with E-state index in [0.717, 1.165) is 53.2 Å². The Kier molecular flexibility index (Phi) is 5.81. The van der Waals surface area contributed by atoms with Gasteiger partial charge in [-0.2, -0.15) is 5.26 Å². The van der Waals surface area contributed by atoms with E-state index < -0.39 is 7.80 Å². The number of fused-ring (bicyclic) bond motifs is 1. The zero-order valence-corrected chi connectivity index (χ0v) is 16.2. The minimum Gasteiger partial charge on any atom is -0.331 e. The summed E-state index contributed by atoms with van der Waals surface area (Å²) in [5.74, 6) is 0.961. The van der Waals surface area contributed by atoms with Gasteiger partial charge in [0.15, 0.2) is 11.5 Å². The Bertz CT molecular complexity index is 967. The lowest BCUT2D eigenvalue weighted by Gasteiger charge is -2.02. The van der Waals surface area contributed by atoms with Gasteiger partial charge in [0.05, 0.1) is 22.7 Å². The van der Waals surface area contributed by atoms with Crippen LogP contribution in [0.25, 0.3) is 11.0 Å². The summed E-state index contributed by atoms with van der Waals surface area (Å²) in [5.41, 5.74) is 3.73. The highest BCUT2D eigenvalue weighted by Gasteiger charge is 2.20. The topological polar surface area (TPSA) is 58.7 Å². The van der Waals surface area contributed by atoms with Gasteiger partial charge >= 0.3 is 7.80 Å². The number of nitriles is 1. The smallest absolute Gasteiger partial charge is 0.331 e. The standard InChI is InChI=1S/C21H23N3OP/c1-3-4-5-12-26(25)18-10-11-20-19(14-18)23-21(24(20)2)13-16-6-8-17(15-22)9-7-16/h6-11,14H,3-5,12-13H2,1-2H3/q+1. The van der Waals surface area contributed by atoms with E-state index in [4.69, 9.17) is 10.2 Å². The number of benzene rings is 2. The van der Waals surface area contributed by atoms with Crippen LogP contribution in [0.3, 0.4) is 0 Å². The highest BCUT2D eigenvalue weighted by atomic mass is 31.1. The first kappa shape index (κ1) is 18.3. The molecule has 26 heavy (non-hydrogen) atoms. The molecule has 0 N–H and O–H groups in total. The second kappa shape index (κ2) is 8.25. The average molecular weight is 364 g/mol. The Labute approximate surface area is 155 Å². The first-order chi connectivity index (χ1) is 12.6. The van der Waals surface area contributed by atoms with Crippen molar-refractivity contribution in [2.45, 2.75) is 32.6 Å². The summed E-state index contributed by atoms with van der Waals surface area (Å²) < 4.78 is 14.6. The molecule has 0 saturated carbocycles. The van der Waals surface area contributed by atoms with Crippen LogP contribution in [0, 0.1) is 11.3 Å². The molecule has 0 saturated heterocycles. The molecule has 0 aliphatic carbocycles. The Morgan fingerprint density at radius 2 is 1.92 bits per heavy atom. The van der Waals surface area contributed by atoms with E-state index in [0.29, 0.717) is 12.0 Å². The SMILES string of the molecule is CCCCC[P+](=O)c1ccc2c(c1)nc(Cc1ccc(C#N)cc1)n2C. The van der Waals surface area contributed by atoms with Crippen molar-refractivity contribution in [2.75, 3.05) is 6.16 Å². The van der Waals surface area contributed by atoms with Crippen molar-refractivity contribution in [1.82, 2.24) is 9.55 Å². The molecule has 1 atom stereocenters. The van der Waals surface area contributed by atoms with Gasteiger partial charge < -0.3 is 4.57 Å². The first-order valence-corrected chi connectivity index (χ1v) is 10.5. The third-order valence-corrected chi connectivity index (χ3v) is 6.23. The van der Waals surface area contributed by atoms with Crippen molar-refractivity contribution < 1.29 is 4.57 Å². The summed E-state index contributed by atoms with van der Waals surface area (Å²) in [4.78, 5) is 4.76. The van der Waals surface area contributed by atoms with Gasteiger partial charge in [0.2, 0.25) is 0 Å². The van der Waals surface area contributed by atoms with Crippen LogP contribution in [0.5, 0.6) is 0 Å². The molecule has 3 aromatic rings. The van der Waals surface area contributed by atoms with Gasteiger partial charge in [-0.15, -0.1) is 0 Å². The summed E-state index contributed by atoms with van der Waals surface area (Å²) >= 11 is 0. The van der Waals surface area contributed by atoms with E-state index in [1.165, 1.54) is 0 Å². The van der Waals surface area contributed by atoms with Gasteiger partial charge in [-0.3, -0.25) is 0 Å². The van der Waals surface area contributed by atoms with E-state index in [-0.39, 0.29) is 0 Å². The molecule has 132 valence electrons. The number of rotatable bonds is 7. The van der Waals surface area contributed by atoms with Crippen molar-refractivity contribution in [2.24, 2.45) is 7.05 Å². The molecule has 2 aromatic carbocycles. The molecule has 1 unspecified atom stereocenters. The lowest BCUT2D eigenvalue weighted by molar-refractivity contribution is 0.590. The molecule has 0 aliphatic heterocycles. The number of hydrogen-bond acceptors (Lipinski definition) is 3. The van der Waals surface area contributed by atoms with Crippen LogP contribution in [-0.2, 0) is 18.0 Å². The van der Waals surface area contributed by atoms with E-state index in [1.807, 2.05) is 49.5 Å². The minimum absolute atomic E-state index is 0.662. The van der Waals surface area contributed by atoms with Crippen LogP contribution in [0.4, 0.5) is 0 Å². The van der Waals surface area contributed by atoms with Crippen molar-refractivity contribution in [3.8, 4) is 6.07 Å². The molecule has 0 fully saturated rings. The summed E-state index contributed by atoms with van der Waals surface area (Å²) in [7, 11) is 0.665. The van der Waals surface area contributed by atoms with Crippen LogP contribution < -0.4 is 5.30 Å². The average Bonchev–Trinajstić information content (AvgIpc) is 2.97. The third kappa shape index (κ3) is 4.00. The molecule has 3 rings (SSSR count). The molecule has 0 amide bonds. The lowest BCUT2D eigenvalue weighted by Crippen LogP contribution is -2.00. The van der Waals surface area contributed by atoms with Gasteiger partial charge in [-0.1, -0.05) is 30.0 Å². The Hall–Kier alpha value is -2.50. The zero-order chi connectivity index (χ0) is 18.5. The maximum absolute atomic E-state index is 12.5. The molecule has 0 bridgehead atoms. The van der Waals surface area contributed by atoms with Gasteiger partial charge in [0.25, 0.3) is 0 Å². The Morgan fingerprint density at radius 1 is 1.15 bits per heavy atom. The first-order valence-electron chi connectivity index (χ1n) is 9.01. The summed E-state index contributed by atoms with van der Waals surface area (Å²) in [6.07, 6.45) is 4.73. The fourth-order valence-electron chi connectivity index (χ4n) is 3.07. The monoisotopic (exact) mass is 364 g/mol. The normalized spacial score (nSPS) is 11.5. The molecular weight excluding hydrogens is 341 g/mol. The fourth-order valence-corrected chi connectivity index (χ4v) is 4.34. The second-order valence-corrected chi connectivity index (χ2v) is 8.28. The molecule has 4 nitrogen and oxygen atoms in total. The number of imidazole rings is 1. The largest absolute Gasteiger partial charge is 0.376 e. The van der Waals surface area contributed by atoms with Crippen LogP contribution >= 0.6 is 7.80 Å². The number of nitrogens with zero attached hydrogens (tertiary/aromatic N) is 3. The maximum atomic E-state index is 12.5. The van der Waals surface area contributed by atoms with E-state index in [9.17, 15) is 4.57 Å². The lowest BCUT2D eigenvalue weighted by atomic mass is 10.1. The van der Waals surface area contributed by atoms with E-state index in [2.05, 4.69) is 17.6 Å². The van der Waals surface area contributed by atoms with Crippen LogP contribution in [0.2, 0.25) is 0 Å². The number of unbranched alkanes of at least 4 members (excludes halogenated alkanes) is 2. The Morgan fingerprint density at radius 3 is 2.62 bits per heavy atom. The van der Waals surface area contributed by atoms with Gasteiger partial charge in [0, 0.05) is 19.5 Å². The van der Waals surface area contributed by atoms with Gasteiger partial charge in [0.1, 0.15) is 5.82 Å². The van der Waals surface area contributed by atoms with Crippen LogP contribution in [-0.4, -0.2) is 15.7 Å². The molecule has 1 aromatic heterocycles. The van der Waals surface area contributed by atoms with Crippen molar-refractivity contribution >= 4 is 24.1 Å². The maximum Gasteiger partial charge on any atom is 0.376 e. The number of aromatic nitrogens is 2. The van der Waals surface area contributed by atoms with Gasteiger partial charge in [-0.25, -0.2) is 4.98 Å². The zero-order valence-electron chi connectivity index (χ0n) is 15.3. The number of hydrogen-bond donors (Lipinski definition) is 0. The quantitative estimate of drug-likeness (QED) is 0.452. The third-order valence-electron chi connectivity index (χ3n) is 4.66. The molecule has 0 aliphatic rings. The minimum atomic E-state index is -1.34. The second-order valence-electron chi connectivity index (χ2n) is 6.55. The molecule has 0 radical (unpaired) electrons. The van der Waals surface area contributed by atoms with Crippen molar-refractivity contribution in [3.63, 3.8) is 0 Å². The predicted molar refractivity (Wildman–Crippen MR) is 106 cm³/mol. The van der Waals surface area contributed by atoms with E-state index >= 15 is 0 Å².